The number of nitrogens with two attached hydrogens (primary N) is 1. The zero-order valence-electron chi connectivity index (χ0n) is 8.01. The molecule has 0 aliphatic heterocycles. The first-order valence-electron chi connectivity index (χ1n) is 4.26. The Morgan fingerprint density at radius 3 is 2.86 bits per heavy atom. The van der Waals surface area contributed by atoms with Crippen molar-refractivity contribution in [3.05, 3.63) is 29.8 Å². The van der Waals surface area contributed by atoms with Gasteiger partial charge in [-0.15, -0.1) is 0 Å². The number of phenols is 1. The molecule has 0 spiro atoms. The highest BCUT2D eigenvalue weighted by Gasteiger charge is 1.97. The number of amidine groups is 1. The summed E-state index contributed by atoms with van der Waals surface area (Å²) in [4.78, 5) is 7.91. The quantitative estimate of drug-likeness (QED) is 0.546. The molecule has 1 rings (SSSR count). The first kappa shape index (κ1) is 10.2. The Labute approximate surface area is 82.8 Å². The number of hydrogen-bond acceptors (Lipinski definition) is 2. The van der Waals surface area contributed by atoms with Gasteiger partial charge in [0.25, 0.3) is 0 Å². The van der Waals surface area contributed by atoms with Crippen LogP contribution in [0.1, 0.15) is 12.5 Å². The van der Waals surface area contributed by atoms with E-state index in [0.29, 0.717) is 12.4 Å². The third kappa shape index (κ3) is 2.90. The van der Waals surface area contributed by atoms with Crippen LogP contribution in [0.4, 0.5) is 0 Å². The van der Waals surface area contributed by atoms with E-state index >= 15 is 0 Å². The van der Waals surface area contributed by atoms with Crippen LogP contribution in [0.3, 0.4) is 0 Å². The molecular formula is C10H13N3O. The van der Waals surface area contributed by atoms with Crippen molar-refractivity contribution in [1.29, 1.82) is 0 Å². The molecule has 0 amide bonds. The molecule has 0 unspecified atom stereocenters. The van der Waals surface area contributed by atoms with Crippen molar-refractivity contribution in [2.45, 2.75) is 13.5 Å². The van der Waals surface area contributed by atoms with Gasteiger partial charge in [-0.1, -0.05) is 18.2 Å². The number of benzene rings is 1. The van der Waals surface area contributed by atoms with E-state index in [2.05, 4.69) is 9.98 Å². The number of nitrogens with zero attached hydrogens (tertiary/aromatic N) is 2. The van der Waals surface area contributed by atoms with Gasteiger partial charge in [0.2, 0.25) is 0 Å². The fourth-order valence-corrected chi connectivity index (χ4v) is 0.993. The number of aliphatic imine (C=N–C) groups is 2. The lowest BCUT2D eigenvalue weighted by Gasteiger charge is -1.99. The van der Waals surface area contributed by atoms with Gasteiger partial charge >= 0.3 is 0 Å². The Morgan fingerprint density at radius 2 is 2.21 bits per heavy atom. The van der Waals surface area contributed by atoms with E-state index in [9.17, 15) is 5.11 Å². The fraction of sp³-hybridized carbons (Fsp3) is 0.200. The normalized spacial score (nSPS) is 12.2. The zero-order chi connectivity index (χ0) is 10.4. The molecule has 14 heavy (non-hydrogen) atoms. The van der Waals surface area contributed by atoms with Crippen LogP contribution < -0.4 is 5.73 Å². The lowest BCUT2D eigenvalue weighted by Crippen LogP contribution is -1.95. The lowest BCUT2D eigenvalue weighted by molar-refractivity contribution is 0.468. The van der Waals surface area contributed by atoms with Crippen molar-refractivity contribution in [2.75, 3.05) is 0 Å². The van der Waals surface area contributed by atoms with Crippen LogP contribution in [-0.4, -0.2) is 17.3 Å². The maximum absolute atomic E-state index is 9.42. The molecule has 4 nitrogen and oxygen atoms in total. The molecule has 0 aliphatic rings. The summed E-state index contributed by atoms with van der Waals surface area (Å²) in [6.45, 7) is 2.17. The van der Waals surface area contributed by atoms with E-state index < -0.39 is 0 Å². The average molecular weight is 191 g/mol. The van der Waals surface area contributed by atoms with Crippen LogP contribution >= 0.6 is 0 Å². The van der Waals surface area contributed by atoms with Gasteiger partial charge in [-0.25, -0.2) is 4.99 Å². The Bertz CT molecular complexity index is 358. The first-order valence-corrected chi connectivity index (χ1v) is 4.26. The minimum atomic E-state index is 0.251. The van der Waals surface area contributed by atoms with Gasteiger partial charge in [0.15, 0.2) is 0 Å². The molecule has 0 saturated heterocycles. The number of para-hydroxylation sites is 1. The van der Waals surface area contributed by atoms with Crippen LogP contribution in [0.15, 0.2) is 34.3 Å². The smallest absolute Gasteiger partial charge is 0.122 e. The number of aromatic hydroxyl groups is 1. The summed E-state index contributed by atoms with van der Waals surface area (Å²) < 4.78 is 0. The molecule has 3 N–H and O–H groups in total. The molecule has 74 valence electrons. The molecule has 0 saturated carbocycles. The van der Waals surface area contributed by atoms with E-state index in [1.54, 1.807) is 19.1 Å². The van der Waals surface area contributed by atoms with Gasteiger partial charge in [-0.3, -0.25) is 4.99 Å². The fourth-order valence-electron chi connectivity index (χ4n) is 0.993. The van der Waals surface area contributed by atoms with Crippen molar-refractivity contribution in [3.63, 3.8) is 0 Å². The molecule has 0 heterocycles. The summed E-state index contributed by atoms with van der Waals surface area (Å²) in [7, 11) is 0. The molecule has 4 heteroatoms. The van der Waals surface area contributed by atoms with Crippen molar-refractivity contribution in [1.82, 2.24) is 0 Å². The summed E-state index contributed by atoms with van der Waals surface area (Å²) in [5.41, 5.74) is 5.88. The number of phenolic OH excluding ortho intramolecular Hbond substituents is 1. The topological polar surface area (TPSA) is 71.0 Å². The minimum absolute atomic E-state index is 0.251. The summed E-state index contributed by atoms with van der Waals surface area (Å²) in [5.74, 6) is 0.844. The largest absolute Gasteiger partial charge is 0.508 e. The Balaban J connectivity index is 2.71. The summed E-state index contributed by atoms with van der Waals surface area (Å²) >= 11 is 0. The summed E-state index contributed by atoms with van der Waals surface area (Å²) in [6, 6.07) is 7.07. The Hall–Kier alpha value is -1.84. The van der Waals surface area contributed by atoms with Crippen molar-refractivity contribution >= 4 is 12.2 Å². The average Bonchev–Trinajstić information content (AvgIpc) is 2.17. The van der Waals surface area contributed by atoms with Crippen LogP contribution in [-0.2, 0) is 6.54 Å². The molecule has 0 aromatic heterocycles. The predicted octanol–water partition coefficient (Wildman–Crippen LogP) is 1.30. The third-order valence-corrected chi connectivity index (χ3v) is 1.73. The monoisotopic (exact) mass is 191 g/mol. The van der Waals surface area contributed by atoms with Gasteiger partial charge in [-0.2, -0.15) is 0 Å². The van der Waals surface area contributed by atoms with Crippen molar-refractivity contribution in [3.8, 4) is 5.75 Å². The Kier molecular flexibility index (Phi) is 3.67. The van der Waals surface area contributed by atoms with E-state index in [0.717, 1.165) is 5.56 Å². The molecule has 1 aromatic carbocycles. The van der Waals surface area contributed by atoms with Gasteiger partial charge < -0.3 is 10.8 Å². The second-order valence-corrected chi connectivity index (χ2v) is 2.77. The molecular weight excluding hydrogens is 178 g/mol. The highest BCUT2D eigenvalue weighted by molar-refractivity contribution is 5.86. The second kappa shape index (κ2) is 5.01. The van der Waals surface area contributed by atoms with Gasteiger partial charge in [0, 0.05) is 5.56 Å². The van der Waals surface area contributed by atoms with Crippen LogP contribution in [0, 0.1) is 0 Å². The number of rotatable bonds is 2. The summed E-state index contributed by atoms with van der Waals surface area (Å²) in [6.07, 6.45) is 1.20. The van der Waals surface area contributed by atoms with E-state index in [-0.39, 0.29) is 5.75 Å². The van der Waals surface area contributed by atoms with Gasteiger partial charge in [0.05, 0.1) is 12.9 Å². The van der Waals surface area contributed by atoms with E-state index in [1.807, 2.05) is 12.1 Å². The van der Waals surface area contributed by atoms with Crippen molar-refractivity contribution in [2.24, 2.45) is 15.7 Å². The minimum Gasteiger partial charge on any atom is -0.508 e. The maximum atomic E-state index is 9.42. The predicted molar refractivity (Wildman–Crippen MR) is 57.6 cm³/mol. The highest BCUT2D eigenvalue weighted by Crippen LogP contribution is 2.16. The molecule has 0 atom stereocenters. The molecule has 0 aliphatic carbocycles. The van der Waals surface area contributed by atoms with E-state index in [4.69, 9.17) is 5.73 Å². The molecule has 0 bridgehead atoms. The zero-order valence-corrected chi connectivity index (χ0v) is 8.01. The second-order valence-electron chi connectivity index (χ2n) is 2.77. The van der Waals surface area contributed by atoms with Crippen LogP contribution in [0.25, 0.3) is 0 Å². The third-order valence-electron chi connectivity index (χ3n) is 1.73. The van der Waals surface area contributed by atoms with Crippen LogP contribution in [0.5, 0.6) is 5.75 Å². The van der Waals surface area contributed by atoms with Gasteiger partial charge in [-0.05, 0) is 13.0 Å². The standard InChI is InChI=1S/C10H13N3O/c1-8(13-7-11)12-6-9-4-2-3-5-10(9)14/h2-5,7,14H,6H2,1H3,(H2,11,12,13). The van der Waals surface area contributed by atoms with Crippen molar-refractivity contribution < 1.29 is 5.11 Å². The summed E-state index contributed by atoms with van der Waals surface area (Å²) in [5, 5.41) is 9.42. The first-order chi connectivity index (χ1) is 6.74. The SMILES string of the molecule is CC(N=CN)=NCc1ccccc1O. The Morgan fingerprint density at radius 1 is 1.50 bits per heavy atom. The maximum Gasteiger partial charge on any atom is 0.122 e. The molecule has 0 radical (unpaired) electrons. The highest BCUT2D eigenvalue weighted by atomic mass is 16.3. The lowest BCUT2D eigenvalue weighted by atomic mass is 10.2. The van der Waals surface area contributed by atoms with Crippen LogP contribution in [0.2, 0.25) is 0 Å². The molecule has 1 aromatic rings. The van der Waals surface area contributed by atoms with Gasteiger partial charge in [0.1, 0.15) is 11.6 Å². The van der Waals surface area contributed by atoms with E-state index in [1.165, 1.54) is 6.34 Å². The molecule has 0 fully saturated rings. The number of hydrogen-bond donors (Lipinski definition) is 2.